The Morgan fingerprint density at radius 1 is 1.43 bits per heavy atom. The number of carbonyl (C=O) groups is 1. The summed E-state index contributed by atoms with van der Waals surface area (Å²) in [5, 5.41) is 3.69. The van der Waals surface area contributed by atoms with Crippen molar-refractivity contribution in [3.63, 3.8) is 0 Å². The number of amides is 1. The van der Waals surface area contributed by atoms with Gasteiger partial charge >= 0.3 is 0 Å². The van der Waals surface area contributed by atoms with E-state index in [0.29, 0.717) is 25.6 Å². The summed E-state index contributed by atoms with van der Waals surface area (Å²) in [6.45, 7) is 4.40. The second kappa shape index (κ2) is 7.29. The first kappa shape index (κ1) is 16.2. The SMILES string of the molecule is COCCN1CCO[C@H]2CCN(C(=O)c3cc(OC)no3)C[C@@H]21. The lowest BCUT2D eigenvalue weighted by molar-refractivity contribution is -0.102. The molecule has 2 aliphatic rings. The van der Waals surface area contributed by atoms with Gasteiger partial charge in [0, 0.05) is 33.3 Å². The molecule has 3 heterocycles. The van der Waals surface area contributed by atoms with Crippen molar-refractivity contribution in [2.45, 2.75) is 18.6 Å². The first-order valence-electron chi connectivity index (χ1n) is 7.87. The first-order chi connectivity index (χ1) is 11.2. The van der Waals surface area contributed by atoms with E-state index in [2.05, 4.69) is 10.1 Å². The summed E-state index contributed by atoms with van der Waals surface area (Å²) in [5.41, 5.74) is 0. The van der Waals surface area contributed by atoms with Crippen molar-refractivity contribution in [1.82, 2.24) is 15.0 Å². The maximum Gasteiger partial charge on any atom is 0.292 e. The van der Waals surface area contributed by atoms with Crippen LogP contribution in [-0.2, 0) is 9.47 Å². The number of morpholine rings is 1. The summed E-state index contributed by atoms with van der Waals surface area (Å²) < 4.78 is 21.1. The standard InChI is InChI=1S/C15H23N3O5/c1-20-7-5-17-6-8-22-12-3-4-18(10-11(12)17)15(19)13-9-14(21-2)16-23-13/h9,11-12H,3-8,10H2,1-2H3/t11-,12-/m0/s1. The fraction of sp³-hybridized carbons (Fsp3) is 0.733. The molecule has 0 aliphatic carbocycles. The number of likely N-dealkylation sites (tertiary alicyclic amines) is 1. The van der Waals surface area contributed by atoms with Crippen molar-refractivity contribution >= 4 is 5.91 Å². The van der Waals surface area contributed by atoms with Gasteiger partial charge in [-0.2, -0.15) is 0 Å². The zero-order chi connectivity index (χ0) is 16.2. The highest BCUT2D eigenvalue weighted by Gasteiger charge is 2.39. The topological polar surface area (TPSA) is 77.3 Å². The van der Waals surface area contributed by atoms with Crippen LogP contribution in [0.2, 0.25) is 0 Å². The molecule has 128 valence electrons. The van der Waals surface area contributed by atoms with E-state index >= 15 is 0 Å². The number of aromatic nitrogens is 1. The third-order valence-corrected chi connectivity index (χ3v) is 4.48. The molecule has 2 saturated heterocycles. The maximum atomic E-state index is 12.6. The molecular weight excluding hydrogens is 302 g/mol. The van der Waals surface area contributed by atoms with Gasteiger partial charge in [0.15, 0.2) is 0 Å². The lowest BCUT2D eigenvalue weighted by atomic mass is 9.98. The number of hydrogen-bond acceptors (Lipinski definition) is 7. The Hall–Kier alpha value is -1.64. The molecule has 2 fully saturated rings. The van der Waals surface area contributed by atoms with Crippen molar-refractivity contribution < 1.29 is 23.5 Å². The maximum absolute atomic E-state index is 12.6. The zero-order valence-electron chi connectivity index (χ0n) is 13.6. The average Bonchev–Trinajstić information content (AvgIpc) is 3.08. The molecule has 1 aromatic rings. The summed E-state index contributed by atoms with van der Waals surface area (Å²) in [7, 11) is 3.19. The van der Waals surface area contributed by atoms with Crippen LogP contribution < -0.4 is 4.74 Å². The number of ether oxygens (including phenoxy) is 3. The van der Waals surface area contributed by atoms with E-state index in [1.165, 1.54) is 13.2 Å². The highest BCUT2D eigenvalue weighted by atomic mass is 16.5. The van der Waals surface area contributed by atoms with E-state index in [1.54, 1.807) is 12.0 Å². The van der Waals surface area contributed by atoms with Crippen molar-refractivity contribution in [2.24, 2.45) is 0 Å². The highest BCUT2D eigenvalue weighted by Crippen LogP contribution is 2.24. The van der Waals surface area contributed by atoms with Crippen molar-refractivity contribution in [3.8, 4) is 5.88 Å². The van der Waals surface area contributed by atoms with Gasteiger partial charge < -0.3 is 23.6 Å². The molecule has 0 unspecified atom stereocenters. The summed E-state index contributed by atoms with van der Waals surface area (Å²) in [6.07, 6.45) is 0.999. The summed E-state index contributed by atoms with van der Waals surface area (Å²) in [6, 6.07) is 1.72. The molecule has 3 rings (SSSR count). The molecule has 23 heavy (non-hydrogen) atoms. The number of rotatable bonds is 5. The normalized spacial score (nSPS) is 25.2. The smallest absolute Gasteiger partial charge is 0.292 e. The summed E-state index contributed by atoms with van der Waals surface area (Å²) >= 11 is 0. The molecule has 0 bridgehead atoms. The number of carbonyl (C=O) groups excluding carboxylic acids is 1. The quantitative estimate of drug-likeness (QED) is 0.767. The largest absolute Gasteiger partial charge is 0.479 e. The van der Waals surface area contributed by atoms with Crippen LogP contribution in [0.1, 0.15) is 17.0 Å². The van der Waals surface area contributed by atoms with E-state index in [4.69, 9.17) is 18.7 Å². The fourth-order valence-corrected chi connectivity index (χ4v) is 3.22. The van der Waals surface area contributed by atoms with E-state index in [9.17, 15) is 4.79 Å². The minimum Gasteiger partial charge on any atom is -0.479 e. The van der Waals surface area contributed by atoms with Crippen LogP contribution in [0.4, 0.5) is 0 Å². The van der Waals surface area contributed by atoms with Crippen molar-refractivity contribution in [2.75, 3.05) is 53.6 Å². The number of fused-ring (bicyclic) bond motifs is 1. The molecule has 2 atom stereocenters. The Morgan fingerprint density at radius 3 is 3.04 bits per heavy atom. The van der Waals surface area contributed by atoms with Gasteiger partial charge in [0.05, 0.1) is 38.5 Å². The molecule has 0 saturated carbocycles. The Balaban J connectivity index is 1.66. The molecule has 0 N–H and O–H groups in total. The van der Waals surface area contributed by atoms with Gasteiger partial charge in [0.1, 0.15) is 0 Å². The first-order valence-corrected chi connectivity index (χ1v) is 7.87. The molecule has 0 radical (unpaired) electrons. The highest BCUT2D eigenvalue weighted by molar-refractivity contribution is 5.91. The van der Waals surface area contributed by atoms with Gasteiger partial charge in [-0.1, -0.05) is 0 Å². The van der Waals surface area contributed by atoms with Crippen LogP contribution in [-0.4, -0.2) is 86.6 Å². The number of methoxy groups -OCH3 is 2. The molecule has 1 amide bonds. The Kier molecular flexibility index (Phi) is 5.14. The summed E-state index contributed by atoms with van der Waals surface area (Å²) in [5.74, 6) is 0.364. The van der Waals surface area contributed by atoms with Crippen LogP contribution in [0.3, 0.4) is 0 Å². The van der Waals surface area contributed by atoms with Gasteiger partial charge in [-0.25, -0.2) is 0 Å². The lowest BCUT2D eigenvalue weighted by Crippen LogP contribution is -2.61. The molecule has 0 aromatic carbocycles. The number of hydrogen-bond donors (Lipinski definition) is 0. The van der Waals surface area contributed by atoms with Crippen LogP contribution in [0, 0.1) is 0 Å². The number of nitrogens with zero attached hydrogens (tertiary/aromatic N) is 3. The van der Waals surface area contributed by atoms with E-state index < -0.39 is 0 Å². The Labute approximate surface area is 135 Å². The molecule has 8 nitrogen and oxygen atoms in total. The zero-order valence-corrected chi connectivity index (χ0v) is 13.6. The van der Waals surface area contributed by atoms with Crippen LogP contribution >= 0.6 is 0 Å². The van der Waals surface area contributed by atoms with Crippen molar-refractivity contribution in [3.05, 3.63) is 11.8 Å². The molecule has 0 spiro atoms. The van der Waals surface area contributed by atoms with Gasteiger partial charge in [-0.05, 0) is 11.6 Å². The minimum atomic E-state index is -0.156. The molecule has 2 aliphatic heterocycles. The van der Waals surface area contributed by atoms with Crippen molar-refractivity contribution in [1.29, 1.82) is 0 Å². The third kappa shape index (κ3) is 3.49. The predicted molar refractivity (Wildman–Crippen MR) is 80.6 cm³/mol. The second-order valence-electron chi connectivity index (χ2n) is 5.78. The van der Waals surface area contributed by atoms with Gasteiger partial charge in [0.25, 0.3) is 11.8 Å². The van der Waals surface area contributed by atoms with E-state index in [-0.39, 0.29) is 23.8 Å². The predicted octanol–water partition coefficient (Wildman–Crippen LogP) is 0.245. The number of piperidine rings is 1. The van der Waals surface area contributed by atoms with E-state index in [0.717, 1.165) is 26.1 Å². The second-order valence-corrected chi connectivity index (χ2v) is 5.78. The van der Waals surface area contributed by atoms with Crippen LogP contribution in [0.15, 0.2) is 10.6 Å². The monoisotopic (exact) mass is 325 g/mol. The average molecular weight is 325 g/mol. The Bertz CT molecular complexity index is 535. The van der Waals surface area contributed by atoms with Gasteiger partial charge in [-0.15, -0.1) is 0 Å². The molecule has 8 heteroatoms. The van der Waals surface area contributed by atoms with E-state index in [1.807, 2.05) is 0 Å². The Morgan fingerprint density at radius 2 is 2.30 bits per heavy atom. The third-order valence-electron chi connectivity index (χ3n) is 4.48. The fourth-order valence-electron chi connectivity index (χ4n) is 3.22. The van der Waals surface area contributed by atoms with Gasteiger partial charge in [-0.3, -0.25) is 9.69 Å². The molecular formula is C15H23N3O5. The van der Waals surface area contributed by atoms with Gasteiger partial charge in [0.2, 0.25) is 5.76 Å². The lowest BCUT2D eigenvalue weighted by Gasteiger charge is -2.46. The minimum absolute atomic E-state index is 0.156. The van der Waals surface area contributed by atoms with Crippen LogP contribution in [0.25, 0.3) is 0 Å². The van der Waals surface area contributed by atoms with Crippen LogP contribution in [0.5, 0.6) is 5.88 Å². The molecule has 1 aromatic heterocycles. The summed E-state index contributed by atoms with van der Waals surface area (Å²) in [4.78, 5) is 16.7.